The molecule has 1 atom stereocenters. The number of carbonyl (C=O) groups is 1. The van der Waals surface area contributed by atoms with Gasteiger partial charge >= 0.3 is 0 Å². The first-order valence-electron chi connectivity index (χ1n) is 7.23. The fourth-order valence-corrected chi connectivity index (χ4v) is 3.38. The van der Waals surface area contributed by atoms with Crippen LogP contribution in [0.5, 0.6) is 0 Å². The van der Waals surface area contributed by atoms with E-state index in [1.54, 1.807) is 0 Å². The van der Waals surface area contributed by atoms with Crippen molar-refractivity contribution in [3.05, 3.63) is 35.4 Å². The summed E-state index contributed by atoms with van der Waals surface area (Å²) in [4.78, 5) is 14.6. The molecule has 1 amide bonds. The van der Waals surface area contributed by atoms with E-state index in [1.165, 1.54) is 0 Å². The number of benzene rings is 1. The highest BCUT2D eigenvalue weighted by Gasteiger charge is 2.46. The van der Waals surface area contributed by atoms with Gasteiger partial charge in [-0.3, -0.25) is 4.79 Å². The summed E-state index contributed by atoms with van der Waals surface area (Å²) in [6.07, 6.45) is 3.01. The van der Waals surface area contributed by atoms with E-state index in [0.717, 1.165) is 44.5 Å². The highest BCUT2D eigenvalue weighted by Crippen LogP contribution is 2.38. The molecule has 4 heteroatoms. The Kier molecular flexibility index (Phi) is 3.45. The standard InChI is InChI=1S/C16H19N3O/c17-10-13-4-1-2-5-14(13)11-19-9-7-16(15(19)20)6-3-8-18-12-16/h1-2,4-5,18H,3,6-9,11-12H2. The third-order valence-electron chi connectivity index (χ3n) is 4.57. The van der Waals surface area contributed by atoms with E-state index in [-0.39, 0.29) is 11.3 Å². The van der Waals surface area contributed by atoms with Crippen molar-refractivity contribution in [3.63, 3.8) is 0 Å². The molecule has 2 aliphatic heterocycles. The van der Waals surface area contributed by atoms with Crippen LogP contribution in [0.3, 0.4) is 0 Å². The lowest BCUT2D eigenvalue weighted by atomic mass is 9.79. The Bertz CT molecular complexity index is 555. The molecule has 1 aromatic rings. The van der Waals surface area contributed by atoms with Gasteiger partial charge in [0.15, 0.2) is 0 Å². The second-order valence-corrected chi connectivity index (χ2v) is 5.81. The molecular weight excluding hydrogens is 250 g/mol. The van der Waals surface area contributed by atoms with E-state index in [4.69, 9.17) is 5.26 Å². The van der Waals surface area contributed by atoms with E-state index >= 15 is 0 Å². The molecule has 0 radical (unpaired) electrons. The third kappa shape index (κ3) is 2.19. The van der Waals surface area contributed by atoms with Crippen LogP contribution in [-0.2, 0) is 11.3 Å². The van der Waals surface area contributed by atoms with Gasteiger partial charge in [-0.05, 0) is 37.4 Å². The zero-order chi connectivity index (χ0) is 14.0. The predicted molar refractivity (Wildman–Crippen MR) is 75.7 cm³/mol. The number of nitrogens with one attached hydrogen (secondary N) is 1. The van der Waals surface area contributed by atoms with Gasteiger partial charge in [0, 0.05) is 19.6 Å². The van der Waals surface area contributed by atoms with Crippen molar-refractivity contribution in [2.45, 2.75) is 25.8 Å². The molecular formula is C16H19N3O. The number of nitriles is 1. The lowest BCUT2D eigenvalue weighted by Gasteiger charge is -2.32. The maximum atomic E-state index is 12.7. The Balaban J connectivity index is 1.76. The van der Waals surface area contributed by atoms with Crippen molar-refractivity contribution in [2.75, 3.05) is 19.6 Å². The lowest BCUT2D eigenvalue weighted by Crippen LogP contribution is -2.45. The number of carbonyl (C=O) groups excluding carboxylic acids is 1. The molecule has 4 nitrogen and oxygen atoms in total. The van der Waals surface area contributed by atoms with Crippen molar-refractivity contribution < 1.29 is 4.79 Å². The molecule has 2 fully saturated rings. The van der Waals surface area contributed by atoms with Gasteiger partial charge in [-0.25, -0.2) is 0 Å². The number of hydrogen-bond acceptors (Lipinski definition) is 3. The average Bonchev–Trinajstić information content (AvgIpc) is 2.78. The van der Waals surface area contributed by atoms with Crippen LogP contribution in [0.15, 0.2) is 24.3 Å². The summed E-state index contributed by atoms with van der Waals surface area (Å²) in [6.45, 7) is 3.19. The van der Waals surface area contributed by atoms with E-state index in [9.17, 15) is 4.79 Å². The van der Waals surface area contributed by atoms with Crippen LogP contribution in [0, 0.1) is 16.7 Å². The molecule has 1 aromatic carbocycles. The number of amides is 1. The molecule has 2 heterocycles. The quantitative estimate of drug-likeness (QED) is 0.888. The first kappa shape index (κ1) is 13.1. The summed E-state index contributed by atoms with van der Waals surface area (Å²) < 4.78 is 0. The minimum Gasteiger partial charge on any atom is -0.338 e. The molecule has 2 saturated heterocycles. The molecule has 3 rings (SSSR count). The molecule has 0 bridgehead atoms. The van der Waals surface area contributed by atoms with Gasteiger partial charge in [-0.15, -0.1) is 0 Å². The normalized spacial score (nSPS) is 25.9. The number of nitrogens with zero attached hydrogens (tertiary/aromatic N) is 2. The smallest absolute Gasteiger partial charge is 0.230 e. The van der Waals surface area contributed by atoms with Gasteiger partial charge in [0.1, 0.15) is 0 Å². The zero-order valence-corrected chi connectivity index (χ0v) is 11.6. The van der Waals surface area contributed by atoms with Crippen LogP contribution in [-0.4, -0.2) is 30.4 Å². The largest absolute Gasteiger partial charge is 0.338 e. The van der Waals surface area contributed by atoms with Crippen molar-refractivity contribution in [3.8, 4) is 6.07 Å². The first-order chi connectivity index (χ1) is 9.75. The predicted octanol–water partition coefficient (Wildman–Crippen LogP) is 1.66. The van der Waals surface area contributed by atoms with Gasteiger partial charge in [0.05, 0.1) is 17.0 Å². The molecule has 2 aliphatic rings. The second kappa shape index (κ2) is 5.26. The van der Waals surface area contributed by atoms with E-state index < -0.39 is 0 Å². The Morgan fingerprint density at radius 2 is 2.20 bits per heavy atom. The maximum Gasteiger partial charge on any atom is 0.230 e. The van der Waals surface area contributed by atoms with Crippen LogP contribution < -0.4 is 5.32 Å². The van der Waals surface area contributed by atoms with Crippen molar-refractivity contribution in [1.82, 2.24) is 10.2 Å². The number of piperidine rings is 1. The molecule has 0 aromatic heterocycles. The molecule has 104 valence electrons. The molecule has 1 unspecified atom stereocenters. The van der Waals surface area contributed by atoms with Gasteiger partial charge in [0.2, 0.25) is 5.91 Å². The number of rotatable bonds is 2. The van der Waals surface area contributed by atoms with Gasteiger partial charge < -0.3 is 10.2 Å². The Morgan fingerprint density at radius 1 is 1.35 bits per heavy atom. The summed E-state index contributed by atoms with van der Waals surface area (Å²) in [6, 6.07) is 9.75. The zero-order valence-electron chi connectivity index (χ0n) is 11.6. The molecule has 20 heavy (non-hydrogen) atoms. The Labute approximate surface area is 119 Å². The van der Waals surface area contributed by atoms with Gasteiger partial charge in [-0.1, -0.05) is 18.2 Å². The van der Waals surface area contributed by atoms with Crippen LogP contribution in [0.2, 0.25) is 0 Å². The van der Waals surface area contributed by atoms with Crippen molar-refractivity contribution in [1.29, 1.82) is 5.26 Å². The van der Waals surface area contributed by atoms with E-state index in [0.29, 0.717) is 12.1 Å². The molecule has 0 aliphatic carbocycles. The third-order valence-corrected chi connectivity index (χ3v) is 4.57. The second-order valence-electron chi connectivity index (χ2n) is 5.81. The summed E-state index contributed by atoms with van der Waals surface area (Å²) in [5, 5.41) is 12.5. The summed E-state index contributed by atoms with van der Waals surface area (Å²) in [5.41, 5.74) is 1.44. The van der Waals surface area contributed by atoms with Crippen LogP contribution in [0.4, 0.5) is 0 Å². The maximum absolute atomic E-state index is 12.7. The van der Waals surface area contributed by atoms with Crippen LogP contribution in [0.1, 0.15) is 30.4 Å². The van der Waals surface area contributed by atoms with Crippen molar-refractivity contribution in [2.24, 2.45) is 5.41 Å². The van der Waals surface area contributed by atoms with E-state index in [1.807, 2.05) is 29.2 Å². The molecule has 1 N–H and O–H groups in total. The fraction of sp³-hybridized carbons (Fsp3) is 0.500. The highest BCUT2D eigenvalue weighted by molar-refractivity contribution is 5.85. The summed E-state index contributed by atoms with van der Waals surface area (Å²) in [5.74, 6) is 0.262. The molecule has 1 spiro atoms. The van der Waals surface area contributed by atoms with Crippen molar-refractivity contribution >= 4 is 5.91 Å². The molecule has 0 saturated carbocycles. The number of likely N-dealkylation sites (tertiary alicyclic amines) is 1. The number of hydrogen-bond donors (Lipinski definition) is 1. The SMILES string of the molecule is N#Cc1ccccc1CN1CCC2(CCCNC2)C1=O. The lowest BCUT2D eigenvalue weighted by molar-refractivity contribution is -0.137. The van der Waals surface area contributed by atoms with Crippen LogP contribution >= 0.6 is 0 Å². The Morgan fingerprint density at radius 3 is 2.95 bits per heavy atom. The minimum atomic E-state index is -0.181. The van der Waals surface area contributed by atoms with E-state index in [2.05, 4.69) is 11.4 Å². The fourth-order valence-electron chi connectivity index (χ4n) is 3.38. The highest BCUT2D eigenvalue weighted by atomic mass is 16.2. The first-order valence-corrected chi connectivity index (χ1v) is 7.23. The van der Waals surface area contributed by atoms with Gasteiger partial charge in [-0.2, -0.15) is 5.26 Å². The topological polar surface area (TPSA) is 56.1 Å². The monoisotopic (exact) mass is 269 g/mol. The van der Waals surface area contributed by atoms with Crippen LogP contribution in [0.25, 0.3) is 0 Å². The minimum absolute atomic E-state index is 0.181. The summed E-state index contributed by atoms with van der Waals surface area (Å²) in [7, 11) is 0. The Hall–Kier alpha value is -1.86. The van der Waals surface area contributed by atoms with Gasteiger partial charge in [0.25, 0.3) is 0 Å². The summed E-state index contributed by atoms with van der Waals surface area (Å²) >= 11 is 0. The average molecular weight is 269 g/mol.